The zero-order valence-corrected chi connectivity index (χ0v) is 11.4. The summed E-state index contributed by atoms with van der Waals surface area (Å²) in [4.78, 5) is 16.8. The van der Waals surface area contributed by atoms with E-state index in [0.29, 0.717) is 0 Å². The maximum atomic E-state index is 12.6. The van der Waals surface area contributed by atoms with Gasteiger partial charge in [-0.05, 0) is 18.9 Å². The molecule has 0 bridgehead atoms. The minimum atomic E-state index is -4.52. The molecule has 2 rings (SSSR count). The van der Waals surface area contributed by atoms with Gasteiger partial charge in [0.2, 0.25) is 5.91 Å². The van der Waals surface area contributed by atoms with Crippen molar-refractivity contribution in [3.63, 3.8) is 0 Å². The summed E-state index contributed by atoms with van der Waals surface area (Å²) >= 11 is 0. The van der Waals surface area contributed by atoms with Gasteiger partial charge in [0.1, 0.15) is 5.69 Å². The minimum Gasteiger partial charge on any atom is -0.396 e. The van der Waals surface area contributed by atoms with Gasteiger partial charge in [-0.15, -0.1) is 0 Å². The van der Waals surface area contributed by atoms with Gasteiger partial charge in [0, 0.05) is 26.1 Å². The van der Waals surface area contributed by atoms with Crippen LogP contribution in [-0.4, -0.2) is 35.4 Å². The number of carbonyl (C=O) groups is 1. The fourth-order valence-electron chi connectivity index (χ4n) is 2.20. The molecule has 0 atom stereocenters. The molecular weight excluding hydrogens is 285 g/mol. The third-order valence-corrected chi connectivity index (χ3v) is 3.34. The quantitative estimate of drug-likeness (QED) is 0.893. The maximum Gasteiger partial charge on any atom is 0.433 e. The number of alkyl halides is 3. The molecule has 1 aliphatic heterocycles. The topological polar surface area (TPSA) is 71.2 Å². The number of nitrogens with two attached hydrogens (primary N) is 1. The van der Waals surface area contributed by atoms with Gasteiger partial charge in [0.15, 0.2) is 0 Å². The highest BCUT2D eigenvalue weighted by Crippen LogP contribution is 2.31. The molecular formula is C13H17F3N4O. The number of likely N-dealkylation sites (tertiary alicyclic amines) is 1. The molecule has 1 aliphatic rings. The maximum absolute atomic E-state index is 12.6. The number of anilines is 2. The Morgan fingerprint density at radius 2 is 2.05 bits per heavy atom. The first-order chi connectivity index (χ1) is 9.88. The van der Waals surface area contributed by atoms with Crippen molar-refractivity contribution in [2.45, 2.75) is 25.4 Å². The Hall–Kier alpha value is -1.99. The average Bonchev–Trinajstić information content (AvgIpc) is 2.93. The van der Waals surface area contributed by atoms with E-state index in [1.165, 1.54) is 0 Å². The summed E-state index contributed by atoms with van der Waals surface area (Å²) in [6, 6.07) is 0.857. The minimum absolute atomic E-state index is 0.00340. The van der Waals surface area contributed by atoms with Gasteiger partial charge in [-0.25, -0.2) is 4.98 Å². The second-order valence-corrected chi connectivity index (χ2v) is 4.92. The van der Waals surface area contributed by atoms with Gasteiger partial charge >= 0.3 is 6.18 Å². The second-order valence-electron chi connectivity index (χ2n) is 4.92. The molecule has 1 amide bonds. The molecule has 2 heterocycles. The number of nitrogens with one attached hydrogen (secondary N) is 1. The first kappa shape index (κ1) is 15.4. The average molecular weight is 302 g/mol. The summed E-state index contributed by atoms with van der Waals surface area (Å²) in [6.07, 6.45) is -1.32. The highest BCUT2D eigenvalue weighted by atomic mass is 19.4. The Morgan fingerprint density at radius 3 is 2.67 bits per heavy atom. The zero-order valence-electron chi connectivity index (χ0n) is 11.4. The Bertz CT molecular complexity index is 513. The van der Waals surface area contributed by atoms with Crippen LogP contribution in [0.4, 0.5) is 24.5 Å². The molecule has 21 heavy (non-hydrogen) atoms. The van der Waals surface area contributed by atoms with E-state index < -0.39 is 11.9 Å². The number of hydrogen-bond acceptors (Lipinski definition) is 4. The molecule has 0 aromatic carbocycles. The van der Waals surface area contributed by atoms with Gasteiger partial charge in [0.05, 0.1) is 17.6 Å². The van der Waals surface area contributed by atoms with Gasteiger partial charge < -0.3 is 16.0 Å². The standard InChI is InChI=1S/C13H17F3N4O/c14-13(15,16)11-7-10(9(17)8-19-11)18-4-3-12(21)20-5-1-2-6-20/h7-8H,1-6,17H2,(H,18,19). The molecule has 1 saturated heterocycles. The first-order valence-electron chi connectivity index (χ1n) is 6.72. The number of nitrogens with zero attached hydrogens (tertiary/aromatic N) is 2. The van der Waals surface area contributed by atoms with E-state index in [2.05, 4.69) is 10.3 Å². The first-order valence-corrected chi connectivity index (χ1v) is 6.72. The van der Waals surface area contributed by atoms with E-state index in [4.69, 9.17) is 5.73 Å². The Morgan fingerprint density at radius 1 is 1.38 bits per heavy atom. The molecule has 3 N–H and O–H groups in total. The molecule has 0 aliphatic carbocycles. The fraction of sp³-hybridized carbons (Fsp3) is 0.538. The van der Waals surface area contributed by atoms with Crippen LogP contribution in [0.5, 0.6) is 0 Å². The predicted molar refractivity (Wildman–Crippen MR) is 72.6 cm³/mol. The zero-order chi connectivity index (χ0) is 15.5. The van der Waals surface area contributed by atoms with Crippen molar-refractivity contribution in [2.24, 2.45) is 0 Å². The van der Waals surface area contributed by atoms with E-state index in [-0.39, 0.29) is 30.2 Å². The van der Waals surface area contributed by atoms with Gasteiger partial charge in [-0.3, -0.25) is 4.79 Å². The summed E-state index contributed by atoms with van der Waals surface area (Å²) in [5.74, 6) is 0.00340. The van der Waals surface area contributed by atoms with Crippen LogP contribution in [0.3, 0.4) is 0 Å². The van der Waals surface area contributed by atoms with Crippen molar-refractivity contribution in [1.29, 1.82) is 0 Å². The van der Waals surface area contributed by atoms with Gasteiger partial charge in [-0.1, -0.05) is 0 Å². The Balaban J connectivity index is 1.92. The van der Waals surface area contributed by atoms with Crippen molar-refractivity contribution >= 4 is 17.3 Å². The summed E-state index contributed by atoms with van der Waals surface area (Å²) in [6.45, 7) is 1.75. The lowest BCUT2D eigenvalue weighted by Gasteiger charge is -2.16. The van der Waals surface area contributed by atoms with Crippen molar-refractivity contribution in [3.05, 3.63) is 18.0 Å². The van der Waals surface area contributed by atoms with Crippen LogP contribution >= 0.6 is 0 Å². The Labute approximate surface area is 120 Å². The molecule has 1 aromatic heterocycles. The van der Waals surface area contributed by atoms with E-state index in [1.807, 2.05) is 0 Å². The lowest BCUT2D eigenvalue weighted by Crippen LogP contribution is -2.29. The summed E-state index contributed by atoms with van der Waals surface area (Å²) in [5, 5.41) is 2.77. The monoisotopic (exact) mass is 302 g/mol. The fourth-order valence-corrected chi connectivity index (χ4v) is 2.20. The number of aromatic nitrogens is 1. The number of nitrogen functional groups attached to an aromatic ring is 1. The number of carbonyl (C=O) groups excluding carboxylic acids is 1. The smallest absolute Gasteiger partial charge is 0.396 e. The van der Waals surface area contributed by atoms with Crippen molar-refractivity contribution in [1.82, 2.24) is 9.88 Å². The number of hydrogen-bond donors (Lipinski definition) is 2. The lowest BCUT2D eigenvalue weighted by molar-refractivity contribution is -0.141. The van der Waals surface area contributed by atoms with Crippen molar-refractivity contribution in [3.8, 4) is 0 Å². The highest BCUT2D eigenvalue weighted by Gasteiger charge is 2.32. The summed E-state index contributed by atoms with van der Waals surface area (Å²) in [7, 11) is 0. The van der Waals surface area contributed by atoms with Crippen LogP contribution in [0.15, 0.2) is 12.3 Å². The molecule has 0 saturated carbocycles. The molecule has 116 valence electrons. The number of pyridine rings is 1. The van der Waals surface area contributed by atoms with Crippen LogP contribution < -0.4 is 11.1 Å². The third-order valence-electron chi connectivity index (χ3n) is 3.34. The SMILES string of the molecule is Nc1cnc(C(F)(F)F)cc1NCCC(=O)N1CCCC1. The second kappa shape index (κ2) is 6.19. The molecule has 0 spiro atoms. The number of rotatable bonds is 4. The lowest BCUT2D eigenvalue weighted by atomic mass is 10.2. The number of amides is 1. The molecule has 0 radical (unpaired) electrons. The summed E-state index contributed by atoms with van der Waals surface area (Å²) in [5.41, 5.74) is 4.84. The van der Waals surface area contributed by atoms with E-state index >= 15 is 0 Å². The van der Waals surface area contributed by atoms with Crippen LogP contribution in [-0.2, 0) is 11.0 Å². The van der Waals surface area contributed by atoms with E-state index in [1.54, 1.807) is 4.90 Å². The summed E-state index contributed by atoms with van der Waals surface area (Å²) < 4.78 is 37.7. The predicted octanol–water partition coefficient (Wildman–Crippen LogP) is 2.11. The third kappa shape index (κ3) is 3.99. The molecule has 5 nitrogen and oxygen atoms in total. The van der Waals surface area contributed by atoms with Crippen molar-refractivity contribution in [2.75, 3.05) is 30.7 Å². The van der Waals surface area contributed by atoms with Gasteiger partial charge in [0.25, 0.3) is 0 Å². The van der Waals surface area contributed by atoms with Crippen molar-refractivity contribution < 1.29 is 18.0 Å². The molecule has 0 unspecified atom stereocenters. The molecule has 8 heteroatoms. The van der Waals surface area contributed by atoms with Crippen LogP contribution in [0.2, 0.25) is 0 Å². The van der Waals surface area contributed by atoms with Gasteiger partial charge in [-0.2, -0.15) is 13.2 Å². The van der Waals surface area contributed by atoms with E-state index in [0.717, 1.165) is 38.2 Å². The van der Waals surface area contributed by atoms with E-state index in [9.17, 15) is 18.0 Å². The normalized spacial score (nSPS) is 15.3. The van der Waals surface area contributed by atoms with Crippen LogP contribution in [0, 0.1) is 0 Å². The van der Waals surface area contributed by atoms with Crippen LogP contribution in [0.25, 0.3) is 0 Å². The molecule has 1 aromatic rings. The highest BCUT2D eigenvalue weighted by molar-refractivity contribution is 5.77. The molecule has 1 fully saturated rings. The Kier molecular flexibility index (Phi) is 4.54. The number of halogens is 3. The van der Waals surface area contributed by atoms with Crippen LogP contribution in [0.1, 0.15) is 25.0 Å². The largest absolute Gasteiger partial charge is 0.433 e.